The van der Waals surface area contributed by atoms with Crippen LogP contribution in [0.2, 0.25) is 0 Å². The van der Waals surface area contributed by atoms with Crippen molar-refractivity contribution in [1.82, 2.24) is 28.1 Å². The molecule has 118 valence electrons. The maximum Gasteiger partial charge on any atom is 0.225 e. The average Bonchev–Trinajstić information content (AvgIpc) is 3.32. The second-order valence-electron chi connectivity index (χ2n) is 5.50. The van der Waals surface area contributed by atoms with Gasteiger partial charge in [0.2, 0.25) is 10.4 Å². The predicted octanol–water partition coefficient (Wildman–Crippen LogP) is 1.08. The van der Waals surface area contributed by atoms with Gasteiger partial charge in [0.1, 0.15) is 24.3 Å². The third kappa shape index (κ3) is 1.49. The number of nitrogens with zero attached hydrogens (tertiary/aromatic N) is 6. The summed E-state index contributed by atoms with van der Waals surface area (Å²) in [6.45, 7) is 0. The van der Waals surface area contributed by atoms with E-state index < -0.39 is 0 Å². The van der Waals surface area contributed by atoms with Crippen LogP contribution in [-0.4, -0.2) is 28.1 Å². The molecule has 0 fully saturated rings. The molecule has 0 amide bonds. The summed E-state index contributed by atoms with van der Waals surface area (Å²) < 4.78 is 12.7. The monoisotopic (exact) mass is 338 g/mol. The fourth-order valence-electron chi connectivity index (χ4n) is 3.04. The minimum Gasteiger partial charge on any atom is -0.428 e. The third-order valence-electron chi connectivity index (χ3n) is 4.13. The highest BCUT2D eigenvalue weighted by atomic mass is 32.2. The molecule has 4 aromatic heterocycles. The average molecular weight is 338 g/mol. The Bertz CT molecular complexity index is 1250. The molecular formula is C15H10N6O2S. The Morgan fingerprint density at radius 3 is 2.92 bits per heavy atom. The number of hydrogen-bond acceptors (Lipinski definition) is 5. The molecule has 0 radical (unpaired) electrons. The zero-order valence-corrected chi connectivity index (χ0v) is 13.1. The lowest BCUT2D eigenvalue weighted by Crippen LogP contribution is -2.18. The number of fused-ring (bicyclic) bond motifs is 3. The molecular weight excluding hydrogens is 328 g/mol. The molecule has 4 aromatic rings. The van der Waals surface area contributed by atoms with Gasteiger partial charge in [0.05, 0.1) is 36.4 Å². The fraction of sp³-hybridized carbons (Fsp3) is 0.0667. The van der Waals surface area contributed by atoms with Gasteiger partial charge < -0.3 is 9.25 Å². The number of aromatic nitrogens is 6. The first kappa shape index (κ1) is 12.4. The Morgan fingerprint density at radius 1 is 1.04 bits per heavy atom. The normalized spacial score (nSPS) is 21.3. The number of oxazole rings is 1. The minimum absolute atomic E-state index is 0.374. The maximum atomic E-state index is 6.12. The molecule has 0 saturated heterocycles. The lowest BCUT2D eigenvalue weighted by atomic mass is 10.3. The van der Waals surface area contributed by atoms with Crippen LogP contribution in [0.4, 0.5) is 0 Å². The van der Waals surface area contributed by atoms with E-state index in [0.717, 1.165) is 27.2 Å². The smallest absolute Gasteiger partial charge is 0.225 e. The lowest BCUT2D eigenvalue weighted by Gasteiger charge is -2.01. The molecule has 2 aliphatic heterocycles. The summed E-state index contributed by atoms with van der Waals surface area (Å²) in [6.07, 6.45) is 13.3. The van der Waals surface area contributed by atoms with Gasteiger partial charge >= 0.3 is 0 Å². The predicted molar refractivity (Wildman–Crippen MR) is 86.1 cm³/mol. The van der Waals surface area contributed by atoms with Crippen molar-refractivity contribution in [3.8, 4) is 0 Å². The summed E-state index contributed by atoms with van der Waals surface area (Å²) in [5.41, 5.74) is 2.77. The first-order valence-corrected chi connectivity index (χ1v) is 8.58. The van der Waals surface area contributed by atoms with Gasteiger partial charge in [-0.1, -0.05) is 0 Å². The molecule has 0 aromatic carbocycles. The van der Waals surface area contributed by atoms with Crippen LogP contribution in [0.3, 0.4) is 0 Å². The van der Waals surface area contributed by atoms with E-state index in [2.05, 4.69) is 30.4 Å². The van der Waals surface area contributed by atoms with Crippen LogP contribution in [0.5, 0.6) is 0 Å². The molecule has 1 atom stereocenters. The first-order valence-electron chi connectivity index (χ1n) is 7.33. The van der Waals surface area contributed by atoms with Gasteiger partial charge in [0.15, 0.2) is 5.76 Å². The Labute approximate surface area is 137 Å². The summed E-state index contributed by atoms with van der Waals surface area (Å²) in [5, 5.41) is 3.03. The molecule has 8 nitrogen and oxygen atoms in total. The van der Waals surface area contributed by atoms with Crippen molar-refractivity contribution in [2.24, 2.45) is 0 Å². The van der Waals surface area contributed by atoms with Gasteiger partial charge in [-0.15, -0.1) is 0 Å². The van der Waals surface area contributed by atoms with Gasteiger partial charge in [0, 0.05) is 0 Å². The van der Waals surface area contributed by atoms with Crippen molar-refractivity contribution in [2.45, 2.75) is 6.42 Å². The maximum absolute atomic E-state index is 6.12. The van der Waals surface area contributed by atoms with E-state index in [9.17, 15) is 0 Å². The molecule has 0 spiro atoms. The van der Waals surface area contributed by atoms with Crippen LogP contribution < -0.4 is 10.2 Å². The van der Waals surface area contributed by atoms with E-state index in [0.29, 0.717) is 12.1 Å². The summed E-state index contributed by atoms with van der Waals surface area (Å²) >= 11 is 0. The van der Waals surface area contributed by atoms with Crippen molar-refractivity contribution < 1.29 is 9.25 Å². The van der Waals surface area contributed by atoms with Crippen LogP contribution in [0.25, 0.3) is 17.5 Å². The molecule has 0 bridgehead atoms. The van der Waals surface area contributed by atoms with Crippen LogP contribution in [0.1, 0.15) is 11.4 Å². The summed E-state index contributed by atoms with van der Waals surface area (Å²) in [5.74, 6) is 0.827. The first-order chi connectivity index (χ1) is 11.9. The van der Waals surface area contributed by atoms with Crippen LogP contribution in [0.15, 0.2) is 47.4 Å². The molecule has 1 unspecified atom stereocenters. The largest absolute Gasteiger partial charge is 0.428 e. The Balaban J connectivity index is 1.76. The van der Waals surface area contributed by atoms with Gasteiger partial charge in [0.25, 0.3) is 0 Å². The second-order valence-corrected chi connectivity index (χ2v) is 7.17. The summed E-state index contributed by atoms with van der Waals surface area (Å²) in [7, 11) is -0.374. The van der Waals surface area contributed by atoms with Gasteiger partial charge in [-0.3, -0.25) is 8.37 Å². The molecule has 6 heterocycles. The third-order valence-corrected chi connectivity index (χ3v) is 5.91. The molecule has 24 heavy (non-hydrogen) atoms. The minimum atomic E-state index is -0.374. The zero-order valence-electron chi connectivity index (χ0n) is 12.2. The van der Waals surface area contributed by atoms with Crippen molar-refractivity contribution in [1.29, 1.82) is 0 Å². The van der Waals surface area contributed by atoms with E-state index in [1.54, 1.807) is 23.6 Å². The van der Waals surface area contributed by atoms with E-state index in [4.69, 9.17) is 9.25 Å². The zero-order chi connectivity index (χ0) is 15.7. The highest BCUT2D eigenvalue weighted by Crippen LogP contribution is 2.32. The van der Waals surface area contributed by atoms with Crippen molar-refractivity contribution in [2.75, 3.05) is 0 Å². The quantitative estimate of drug-likeness (QED) is 0.449. The fourth-order valence-corrected chi connectivity index (χ4v) is 4.82. The van der Waals surface area contributed by atoms with Crippen molar-refractivity contribution in [3.05, 3.63) is 64.4 Å². The second kappa shape index (κ2) is 4.26. The van der Waals surface area contributed by atoms with Gasteiger partial charge in [-0.2, -0.15) is 4.73 Å². The van der Waals surface area contributed by atoms with E-state index in [1.165, 1.54) is 0 Å². The lowest BCUT2D eigenvalue weighted by molar-refractivity contribution is 0.251. The van der Waals surface area contributed by atoms with Crippen molar-refractivity contribution >= 4 is 28.2 Å². The van der Waals surface area contributed by atoms with E-state index in [-0.39, 0.29) is 10.7 Å². The Hall–Kier alpha value is -3.07. The SMILES string of the molecule is C1=CS(=c2oc3cncn3c2=C2Cc3cncn3O2)n2cncc21. The van der Waals surface area contributed by atoms with E-state index in [1.807, 2.05) is 23.1 Å². The molecule has 2 aliphatic rings. The summed E-state index contributed by atoms with van der Waals surface area (Å²) in [4.78, 5) is 18.5. The highest BCUT2D eigenvalue weighted by Gasteiger charge is 2.22. The number of imidazole rings is 3. The van der Waals surface area contributed by atoms with Gasteiger partial charge in [-0.05, 0) is 22.2 Å². The Morgan fingerprint density at radius 2 is 1.96 bits per heavy atom. The Kier molecular flexibility index (Phi) is 2.20. The molecule has 0 N–H and O–H groups in total. The standard InChI is InChI=1S/C15H10N6O2S/c1-2-24(21-9-17-4-10(1)21)15-14(19-7-18-6-13(19)22-15)12-3-11-5-16-8-20(11)23-12/h1-2,4-9H,3H2. The topological polar surface area (TPSA) is 75.3 Å². The van der Waals surface area contributed by atoms with Crippen LogP contribution in [-0.2, 0) is 6.42 Å². The van der Waals surface area contributed by atoms with Crippen molar-refractivity contribution in [3.63, 3.8) is 0 Å². The van der Waals surface area contributed by atoms with Crippen LogP contribution in [0, 0.1) is 4.71 Å². The number of hydrogen-bond donors (Lipinski definition) is 0. The molecule has 6 rings (SSSR count). The van der Waals surface area contributed by atoms with Crippen LogP contribution >= 0.6 is 10.7 Å². The molecule has 0 saturated carbocycles. The van der Waals surface area contributed by atoms with E-state index >= 15 is 0 Å². The summed E-state index contributed by atoms with van der Waals surface area (Å²) in [6, 6.07) is 0. The highest BCUT2D eigenvalue weighted by molar-refractivity contribution is 8.11. The molecule has 0 aliphatic carbocycles. The van der Waals surface area contributed by atoms with Gasteiger partial charge in [-0.25, -0.2) is 15.0 Å². The molecule has 9 heteroatoms. The number of rotatable bonds is 0.